The first-order valence-corrected chi connectivity index (χ1v) is 14.3. The number of nitrogens with one attached hydrogen (secondary N) is 3. The van der Waals surface area contributed by atoms with Gasteiger partial charge in [0.1, 0.15) is 11.4 Å². The van der Waals surface area contributed by atoms with Gasteiger partial charge in [-0.15, -0.1) is 11.3 Å². The Kier molecular flexibility index (Phi) is 4.75. The van der Waals surface area contributed by atoms with E-state index in [1.54, 1.807) is 47.4 Å². The average Bonchev–Trinajstić information content (AvgIpc) is 3.40. The van der Waals surface area contributed by atoms with Crippen LogP contribution in [0.1, 0.15) is 48.2 Å². The molecule has 2 fully saturated rings. The second kappa shape index (κ2) is 8.11. The summed E-state index contributed by atoms with van der Waals surface area (Å²) in [5, 5.41) is 6.51. The van der Waals surface area contributed by atoms with Gasteiger partial charge in [0.05, 0.1) is 4.88 Å². The number of aromatic nitrogens is 2. The minimum absolute atomic E-state index is 0.0192. The number of hydrogen-bond donors (Lipinski definition) is 3. The number of allylic oxidation sites excluding steroid dienone is 2. The maximum Gasteiger partial charge on any atom is 0.274 e. The van der Waals surface area contributed by atoms with Crippen molar-refractivity contribution in [1.29, 1.82) is 0 Å². The lowest BCUT2D eigenvalue weighted by Gasteiger charge is -2.28. The number of carbonyl (C=O) groups excluding carboxylic acids is 3. The fraction of sp³-hybridized carbons (Fsp3) is 0.194. The first kappa shape index (κ1) is 24.0. The molecule has 3 N–H and O–H groups in total. The summed E-state index contributed by atoms with van der Waals surface area (Å²) in [6.45, 7) is 2.65. The van der Waals surface area contributed by atoms with Gasteiger partial charge in [-0.1, -0.05) is 0 Å². The molecule has 5 aromatic rings. The number of thiophene rings is 1. The van der Waals surface area contributed by atoms with Crippen molar-refractivity contribution in [2.75, 3.05) is 18.9 Å². The van der Waals surface area contributed by atoms with Crippen LogP contribution >= 0.6 is 11.3 Å². The summed E-state index contributed by atoms with van der Waals surface area (Å²) in [5.74, 6) is -0.159. The molecule has 8 rings (SSSR count). The monoisotopic (exact) mass is 562 g/mol. The highest BCUT2D eigenvalue weighted by Crippen LogP contribution is 2.68. The molecule has 202 valence electrons. The van der Waals surface area contributed by atoms with Crippen molar-refractivity contribution < 1.29 is 19.1 Å². The van der Waals surface area contributed by atoms with Crippen molar-refractivity contribution in [3.8, 4) is 0 Å². The molecule has 9 nitrogen and oxygen atoms in total. The third kappa shape index (κ3) is 3.37. The zero-order valence-corrected chi connectivity index (χ0v) is 23.0. The molecule has 1 saturated carbocycles. The summed E-state index contributed by atoms with van der Waals surface area (Å²) in [6, 6.07) is 14.1. The topological polar surface area (TPSA) is 118 Å². The second-order valence-electron chi connectivity index (χ2n) is 11.2. The van der Waals surface area contributed by atoms with E-state index >= 15 is 0 Å². The number of nitrogens with zero attached hydrogens (tertiary/aromatic N) is 2. The van der Waals surface area contributed by atoms with Crippen molar-refractivity contribution in [2.45, 2.75) is 18.8 Å². The molecule has 2 amide bonds. The van der Waals surface area contributed by atoms with Crippen LogP contribution in [0.3, 0.4) is 0 Å². The molecule has 10 heteroatoms. The smallest absolute Gasteiger partial charge is 0.274 e. The summed E-state index contributed by atoms with van der Waals surface area (Å²) < 4.78 is 0.772. The van der Waals surface area contributed by atoms with Crippen molar-refractivity contribution in [1.82, 2.24) is 14.9 Å². The number of aromatic amines is 2. The van der Waals surface area contributed by atoms with E-state index in [9.17, 15) is 19.3 Å². The number of anilines is 1. The Morgan fingerprint density at radius 2 is 1.78 bits per heavy atom. The molecular weight excluding hydrogens is 538 g/mol. The predicted octanol–water partition coefficient (Wildman–Crippen LogP) is 5.81. The quantitative estimate of drug-likeness (QED) is 0.240. The molecule has 3 aliphatic rings. The Bertz CT molecular complexity index is 2060. The standard InChI is InChI=1S/C31H23N5O4S/c1-15-14-41-28-25(37)11-26-31(27(15)28)12-18(31)13-36(26)30(39)24-10-16-7-19(3-5-21(16)34-24)32-29(38)23-9-17-8-20(35(2)40)4-6-22(17)33-23/h3-11,14,18H,12-13H2,1-2H3,(H2-,32,33,34,37,38,39,40)/p+1. The molecule has 2 aromatic carbocycles. The summed E-state index contributed by atoms with van der Waals surface area (Å²) in [5.41, 5.74) is 6.30. The van der Waals surface area contributed by atoms with Crippen molar-refractivity contribution in [3.63, 3.8) is 0 Å². The lowest BCUT2D eigenvalue weighted by Crippen LogP contribution is -2.33. The van der Waals surface area contributed by atoms with Crippen molar-refractivity contribution in [2.24, 2.45) is 5.92 Å². The molecule has 1 aliphatic heterocycles. The van der Waals surface area contributed by atoms with Crippen LogP contribution in [0.4, 0.5) is 11.4 Å². The summed E-state index contributed by atoms with van der Waals surface area (Å²) in [4.78, 5) is 60.1. The number of fused-ring (bicyclic) bond motifs is 3. The number of benzene rings is 2. The number of hydrogen-bond acceptors (Lipinski definition) is 5. The number of likely N-dealkylation sites (tertiary alicyclic amines) is 1. The van der Waals surface area contributed by atoms with Gasteiger partial charge < -0.3 is 20.2 Å². The number of aryl methyl sites for hydroxylation is 1. The second-order valence-corrected chi connectivity index (χ2v) is 12.1. The lowest BCUT2D eigenvalue weighted by molar-refractivity contribution is -0.428. The minimum atomic E-state index is -0.317. The largest absolute Gasteiger partial charge is 0.351 e. The van der Waals surface area contributed by atoms with Crippen LogP contribution in [0.5, 0.6) is 0 Å². The molecule has 2 atom stereocenters. The van der Waals surface area contributed by atoms with E-state index in [1.165, 1.54) is 18.4 Å². The van der Waals surface area contributed by atoms with Gasteiger partial charge in [-0.25, -0.2) is 0 Å². The van der Waals surface area contributed by atoms with E-state index in [0.29, 0.717) is 35.2 Å². The normalized spacial score (nSPS) is 20.5. The maximum absolute atomic E-state index is 13.7. The van der Waals surface area contributed by atoms with E-state index in [2.05, 4.69) is 22.2 Å². The molecule has 2 aliphatic carbocycles. The van der Waals surface area contributed by atoms with Gasteiger partial charge in [-0.2, -0.15) is 0 Å². The highest BCUT2D eigenvalue weighted by Gasteiger charge is 2.68. The predicted molar refractivity (Wildman–Crippen MR) is 156 cm³/mol. The van der Waals surface area contributed by atoms with E-state index < -0.39 is 0 Å². The number of amides is 2. The summed E-state index contributed by atoms with van der Waals surface area (Å²) >= 11 is 1.50. The summed E-state index contributed by atoms with van der Waals surface area (Å²) in [6.07, 6.45) is 2.65. The highest BCUT2D eigenvalue weighted by molar-refractivity contribution is 7.12. The zero-order chi connectivity index (χ0) is 28.2. The Morgan fingerprint density at radius 3 is 2.59 bits per heavy atom. The molecule has 2 unspecified atom stereocenters. The molecule has 4 heterocycles. The van der Waals surface area contributed by atoms with Crippen LogP contribution in [0.2, 0.25) is 0 Å². The SMILES string of the molecule is Cc1csc2c1C13CC1CN(C(=O)c1cc4cc(NC(=O)c5cc6cc([N+](C)=O)ccc6[nH]5)ccc4[nH]1)C3=CC2=O. The number of piperidine rings is 1. The number of carbonyl (C=O) groups is 3. The molecule has 1 spiro atoms. The van der Waals surface area contributed by atoms with Crippen molar-refractivity contribution in [3.05, 3.63) is 98.0 Å². The average molecular weight is 563 g/mol. The number of ketones is 1. The number of nitroso groups, excluding NO2 is 1. The van der Waals surface area contributed by atoms with Gasteiger partial charge in [0, 0.05) is 73.0 Å². The Morgan fingerprint density at radius 1 is 1.05 bits per heavy atom. The van der Waals surface area contributed by atoms with Crippen LogP contribution in [0, 0.1) is 17.7 Å². The Balaban J connectivity index is 1.05. The molecule has 1 saturated heterocycles. The van der Waals surface area contributed by atoms with Crippen molar-refractivity contribution >= 4 is 62.1 Å². The highest BCUT2D eigenvalue weighted by atomic mass is 32.1. The van der Waals surface area contributed by atoms with E-state index in [0.717, 1.165) is 54.7 Å². The first-order chi connectivity index (χ1) is 19.7. The van der Waals surface area contributed by atoms with Gasteiger partial charge in [0.25, 0.3) is 17.5 Å². The number of rotatable bonds is 4. The van der Waals surface area contributed by atoms with Gasteiger partial charge in [0.15, 0.2) is 12.8 Å². The lowest BCUT2D eigenvalue weighted by atomic mass is 9.84. The van der Waals surface area contributed by atoms with Gasteiger partial charge in [0.2, 0.25) is 0 Å². The molecule has 3 aromatic heterocycles. The van der Waals surface area contributed by atoms with Gasteiger partial charge >= 0.3 is 0 Å². The van der Waals surface area contributed by atoms with E-state index in [4.69, 9.17) is 0 Å². The number of H-pyrrole nitrogens is 2. The van der Waals surface area contributed by atoms with E-state index in [-0.39, 0.29) is 23.0 Å². The zero-order valence-electron chi connectivity index (χ0n) is 22.2. The molecule has 0 bridgehead atoms. The molecule has 41 heavy (non-hydrogen) atoms. The fourth-order valence-electron chi connectivity index (χ4n) is 6.73. The third-order valence-corrected chi connectivity index (χ3v) is 9.85. The maximum atomic E-state index is 13.7. The third-order valence-electron chi connectivity index (χ3n) is 8.74. The Labute approximate surface area is 237 Å². The molecule has 0 radical (unpaired) electrons. The van der Waals surface area contributed by atoms with Crippen LogP contribution in [0.25, 0.3) is 21.8 Å². The Hall–Kier alpha value is -4.83. The fourth-order valence-corrected chi connectivity index (χ4v) is 7.78. The van der Waals surface area contributed by atoms with Gasteiger partial charge in [-0.3, -0.25) is 14.4 Å². The van der Waals surface area contributed by atoms with E-state index in [1.807, 2.05) is 17.5 Å². The van der Waals surface area contributed by atoms with Crippen LogP contribution < -0.4 is 5.32 Å². The van der Waals surface area contributed by atoms with Crippen LogP contribution in [-0.2, 0) is 5.41 Å². The van der Waals surface area contributed by atoms with Crippen LogP contribution in [0.15, 0.2) is 65.7 Å². The summed E-state index contributed by atoms with van der Waals surface area (Å²) in [7, 11) is 1.43. The molecular formula is C31H24N5O4S+. The van der Waals surface area contributed by atoms with Crippen LogP contribution in [-0.4, -0.2) is 50.8 Å². The van der Waals surface area contributed by atoms with Gasteiger partial charge in [-0.05, 0) is 72.2 Å². The first-order valence-electron chi connectivity index (χ1n) is 13.4. The minimum Gasteiger partial charge on any atom is -0.351 e.